The van der Waals surface area contributed by atoms with Crippen LogP contribution in [0.4, 0.5) is 5.13 Å². The molecular formula is C11H11N3OS2. The van der Waals surface area contributed by atoms with Crippen LogP contribution in [0.2, 0.25) is 0 Å². The van der Waals surface area contributed by atoms with E-state index in [2.05, 4.69) is 15.3 Å². The third-order valence-electron chi connectivity index (χ3n) is 2.31. The van der Waals surface area contributed by atoms with E-state index >= 15 is 0 Å². The molecule has 2 heterocycles. The molecule has 0 unspecified atom stereocenters. The molecule has 2 rings (SSSR count). The van der Waals surface area contributed by atoms with Crippen molar-refractivity contribution in [1.82, 2.24) is 9.97 Å². The molecule has 0 atom stereocenters. The van der Waals surface area contributed by atoms with Gasteiger partial charge in [-0.05, 0) is 26.0 Å². The number of carbonyl (C=O) groups is 1. The van der Waals surface area contributed by atoms with Crippen molar-refractivity contribution < 1.29 is 4.79 Å². The zero-order valence-corrected chi connectivity index (χ0v) is 11.0. The molecule has 0 spiro atoms. The Hall–Kier alpha value is -1.53. The molecule has 0 bridgehead atoms. The van der Waals surface area contributed by atoms with Gasteiger partial charge in [0, 0.05) is 11.1 Å². The van der Waals surface area contributed by atoms with Crippen LogP contribution < -0.4 is 5.32 Å². The zero-order chi connectivity index (χ0) is 12.4. The molecule has 2 aromatic heterocycles. The van der Waals surface area contributed by atoms with E-state index in [1.807, 2.05) is 13.8 Å². The van der Waals surface area contributed by atoms with Crippen molar-refractivity contribution in [2.24, 2.45) is 0 Å². The molecule has 2 aromatic rings. The Bertz CT molecular complexity index is 596. The summed E-state index contributed by atoms with van der Waals surface area (Å²) in [6.45, 7) is 3.88. The number of nitrogens with zero attached hydrogens (tertiary/aromatic N) is 1. The van der Waals surface area contributed by atoms with Gasteiger partial charge in [0.2, 0.25) is 0 Å². The number of hydrogen-bond donors (Lipinski definition) is 2. The monoisotopic (exact) mass is 265 g/mol. The first-order valence-electron chi connectivity index (χ1n) is 5.01. The molecule has 17 heavy (non-hydrogen) atoms. The number of aromatic nitrogens is 2. The lowest BCUT2D eigenvalue weighted by atomic mass is 10.3. The molecular weight excluding hydrogens is 254 g/mol. The number of aryl methyl sites for hydroxylation is 2. The van der Waals surface area contributed by atoms with Crippen LogP contribution in [0.3, 0.4) is 0 Å². The summed E-state index contributed by atoms with van der Waals surface area (Å²) in [5.41, 5.74) is 1.39. The van der Waals surface area contributed by atoms with E-state index in [4.69, 9.17) is 12.2 Å². The van der Waals surface area contributed by atoms with Gasteiger partial charge in [0.15, 0.2) is 5.13 Å². The van der Waals surface area contributed by atoms with E-state index in [1.165, 1.54) is 11.3 Å². The SMILES string of the molecule is Cc1nc(NC(=O)c2ccc[nH]c2=S)sc1C. The third kappa shape index (κ3) is 2.59. The Morgan fingerprint density at radius 1 is 1.53 bits per heavy atom. The average Bonchev–Trinajstić information content (AvgIpc) is 2.58. The number of carbonyl (C=O) groups excluding carboxylic acids is 1. The molecule has 6 heteroatoms. The Morgan fingerprint density at radius 2 is 2.29 bits per heavy atom. The highest BCUT2D eigenvalue weighted by Crippen LogP contribution is 2.21. The van der Waals surface area contributed by atoms with Crippen LogP contribution in [0, 0.1) is 18.5 Å². The number of aromatic amines is 1. The van der Waals surface area contributed by atoms with Gasteiger partial charge in [-0.25, -0.2) is 4.98 Å². The fourth-order valence-electron chi connectivity index (χ4n) is 1.29. The second kappa shape index (κ2) is 4.77. The number of nitrogens with one attached hydrogen (secondary N) is 2. The molecule has 0 aliphatic carbocycles. The van der Waals surface area contributed by atoms with Crippen molar-refractivity contribution in [3.8, 4) is 0 Å². The second-order valence-electron chi connectivity index (χ2n) is 3.53. The highest BCUT2D eigenvalue weighted by Gasteiger charge is 2.10. The lowest BCUT2D eigenvalue weighted by Gasteiger charge is -2.00. The highest BCUT2D eigenvalue weighted by molar-refractivity contribution is 7.71. The van der Waals surface area contributed by atoms with Crippen molar-refractivity contribution in [2.75, 3.05) is 5.32 Å². The van der Waals surface area contributed by atoms with E-state index in [9.17, 15) is 4.79 Å². The molecule has 1 amide bonds. The minimum Gasteiger partial charge on any atom is -0.352 e. The number of anilines is 1. The molecule has 0 radical (unpaired) electrons. The lowest BCUT2D eigenvalue weighted by molar-refractivity contribution is 0.102. The van der Waals surface area contributed by atoms with Gasteiger partial charge in [0.05, 0.1) is 11.3 Å². The fourth-order valence-corrected chi connectivity index (χ4v) is 2.33. The first-order valence-corrected chi connectivity index (χ1v) is 6.23. The van der Waals surface area contributed by atoms with Crippen LogP contribution >= 0.6 is 23.6 Å². The molecule has 0 aliphatic rings. The van der Waals surface area contributed by atoms with Crippen LogP contribution in [0.15, 0.2) is 18.3 Å². The molecule has 0 saturated heterocycles. The van der Waals surface area contributed by atoms with Crippen LogP contribution in [0.1, 0.15) is 20.9 Å². The molecule has 2 N–H and O–H groups in total. The minimum absolute atomic E-state index is 0.236. The first-order chi connectivity index (χ1) is 8.08. The van der Waals surface area contributed by atoms with Crippen molar-refractivity contribution >= 4 is 34.6 Å². The number of amides is 1. The average molecular weight is 265 g/mol. The predicted molar refractivity (Wildman–Crippen MR) is 71.2 cm³/mol. The summed E-state index contributed by atoms with van der Waals surface area (Å²) >= 11 is 6.50. The second-order valence-corrected chi connectivity index (χ2v) is 5.14. The van der Waals surface area contributed by atoms with Crippen LogP contribution in [0.25, 0.3) is 0 Å². The number of hydrogen-bond acceptors (Lipinski definition) is 4. The van der Waals surface area contributed by atoms with E-state index in [-0.39, 0.29) is 5.91 Å². The predicted octanol–water partition coefficient (Wildman–Crippen LogP) is 3.07. The van der Waals surface area contributed by atoms with Gasteiger partial charge in [0.25, 0.3) is 5.91 Å². The van der Waals surface area contributed by atoms with E-state index in [1.54, 1.807) is 18.3 Å². The topological polar surface area (TPSA) is 57.8 Å². The quantitative estimate of drug-likeness (QED) is 0.820. The number of H-pyrrole nitrogens is 1. The van der Waals surface area contributed by atoms with E-state index in [0.717, 1.165) is 10.6 Å². The summed E-state index contributed by atoms with van der Waals surface area (Å²) in [6.07, 6.45) is 1.69. The maximum Gasteiger partial charge on any atom is 0.260 e. The maximum atomic E-state index is 11.9. The van der Waals surface area contributed by atoms with Gasteiger partial charge in [0.1, 0.15) is 4.64 Å². The summed E-state index contributed by atoms with van der Waals surface area (Å²) in [6, 6.07) is 3.42. The van der Waals surface area contributed by atoms with Crippen LogP contribution in [-0.2, 0) is 0 Å². The Balaban J connectivity index is 2.23. The van der Waals surface area contributed by atoms with Gasteiger partial charge >= 0.3 is 0 Å². The largest absolute Gasteiger partial charge is 0.352 e. The molecule has 88 valence electrons. The fraction of sp³-hybridized carbons (Fsp3) is 0.182. The van der Waals surface area contributed by atoms with Gasteiger partial charge in [-0.3, -0.25) is 10.1 Å². The standard InChI is InChI=1S/C11H11N3OS2/c1-6-7(2)17-11(13-6)14-9(15)8-4-3-5-12-10(8)16/h3-5H,1-2H3,(H,12,16)(H,13,14,15). The van der Waals surface area contributed by atoms with Gasteiger partial charge < -0.3 is 4.98 Å². The maximum absolute atomic E-state index is 11.9. The van der Waals surface area contributed by atoms with Crippen molar-refractivity contribution in [3.63, 3.8) is 0 Å². The van der Waals surface area contributed by atoms with Crippen LogP contribution in [-0.4, -0.2) is 15.9 Å². The van der Waals surface area contributed by atoms with Gasteiger partial charge in [-0.1, -0.05) is 12.2 Å². The summed E-state index contributed by atoms with van der Waals surface area (Å²) in [7, 11) is 0. The zero-order valence-electron chi connectivity index (χ0n) is 9.40. The first kappa shape index (κ1) is 11.9. The third-order valence-corrected chi connectivity index (χ3v) is 3.64. The number of rotatable bonds is 2. The number of pyridine rings is 1. The number of thiazole rings is 1. The molecule has 0 aromatic carbocycles. The summed E-state index contributed by atoms with van der Waals surface area (Å²) in [5.74, 6) is -0.236. The molecule has 0 aliphatic heterocycles. The van der Waals surface area contributed by atoms with Crippen molar-refractivity contribution in [1.29, 1.82) is 0 Å². The van der Waals surface area contributed by atoms with Gasteiger partial charge in [-0.2, -0.15) is 0 Å². The summed E-state index contributed by atoms with van der Waals surface area (Å²) < 4.78 is 0.426. The summed E-state index contributed by atoms with van der Waals surface area (Å²) in [4.78, 5) is 20.1. The highest BCUT2D eigenvalue weighted by atomic mass is 32.1. The minimum atomic E-state index is -0.236. The molecule has 4 nitrogen and oxygen atoms in total. The smallest absolute Gasteiger partial charge is 0.260 e. The Morgan fingerprint density at radius 3 is 2.88 bits per heavy atom. The van der Waals surface area contributed by atoms with Crippen molar-refractivity contribution in [2.45, 2.75) is 13.8 Å². The lowest BCUT2D eigenvalue weighted by Crippen LogP contribution is -2.12. The van der Waals surface area contributed by atoms with E-state index < -0.39 is 0 Å². The summed E-state index contributed by atoms with van der Waals surface area (Å²) in [5, 5.41) is 3.34. The molecule has 0 saturated carbocycles. The van der Waals surface area contributed by atoms with E-state index in [0.29, 0.717) is 15.3 Å². The van der Waals surface area contributed by atoms with Crippen molar-refractivity contribution in [3.05, 3.63) is 39.1 Å². The normalized spacial score (nSPS) is 10.2. The van der Waals surface area contributed by atoms with Crippen LogP contribution in [0.5, 0.6) is 0 Å². The Labute approximate surface area is 108 Å². The van der Waals surface area contributed by atoms with Gasteiger partial charge in [-0.15, -0.1) is 11.3 Å². The molecule has 0 fully saturated rings. The Kier molecular flexibility index (Phi) is 3.35.